The lowest BCUT2D eigenvalue weighted by Gasteiger charge is -2.21. The molecule has 2 heterocycles. The first-order chi connectivity index (χ1) is 9.06. The summed E-state index contributed by atoms with van der Waals surface area (Å²) < 4.78 is 5.29. The van der Waals surface area contributed by atoms with E-state index >= 15 is 0 Å². The molecule has 1 aliphatic carbocycles. The Hall–Kier alpha value is -1.14. The summed E-state index contributed by atoms with van der Waals surface area (Å²) in [6, 6.07) is 0. The van der Waals surface area contributed by atoms with Gasteiger partial charge in [0.1, 0.15) is 6.10 Å². The van der Waals surface area contributed by atoms with Crippen molar-refractivity contribution in [2.45, 2.75) is 44.0 Å². The molecular weight excluding hydrogens is 250 g/mol. The van der Waals surface area contributed by atoms with Crippen LogP contribution < -0.4 is 0 Å². The minimum absolute atomic E-state index is 0.106. The molecule has 3 fully saturated rings. The highest BCUT2D eigenvalue weighted by Crippen LogP contribution is 2.38. The lowest BCUT2D eigenvalue weighted by atomic mass is 10.00. The number of aliphatic hydroxyl groups is 1. The van der Waals surface area contributed by atoms with Crippen molar-refractivity contribution < 1.29 is 24.5 Å². The van der Waals surface area contributed by atoms with Gasteiger partial charge in [0.05, 0.1) is 6.10 Å². The SMILES string of the molecule is O=C(O)[C@H]1CC[C@@H](C(=O)N2CC3CCC(O)C3C2)O1. The molecule has 106 valence electrons. The molecule has 0 aromatic heterocycles. The maximum atomic E-state index is 12.3. The van der Waals surface area contributed by atoms with Gasteiger partial charge in [-0.15, -0.1) is 0 Å². The van der Waals surface area contributed by atoms with Gasteiger partial charge in [0, 0.05) is 19.0 Å². The first-order valence-corrected chi connectivity index (χ1v) is 6.91. The van der Waals surface area contributed by atoms with Crippen LogP contribution in [-0.4, -0.2) is 58.4 Å². The molecule has 1 saturated carbocycles. The van der Waals surface area contributed by atoms with Crippen LogP contribution in [0.4, 0.5) is 0 Å². The van der Waals surface area contributed by atoms with Crippen molar-refractivity contribution in [1.82, 2.24) is 4.90 Å². The number of ether oxygens (including phenoxy) is 1. The molecule has 5 atom stereocenters. The number of carboxylic acid groups (broad SMARTS) is 1. The Morgan fingerprint density at radius 2 is 1.79 bits per heavy atom. The van der Waals surface area contributed by atoms with Crippen LogP contribution in [0.1, 0.15) is 25.7 Å². The van der Waals surface area contributed by atoms with Crippen molar-refractivity contribution in [3.05, 3.63) is 0 Å². The van der Waals surface area contributed by atoms with Gasteiger partial charge in [-0.25, -0.2) is 4.79 Å². The summed E-state index contributed by atoms with van der Waals surface area (Å²) >= 11 is 0. The van der Waals surface area contributed by atoms with Gasteiger partial charge in [0.2, 0.25) is 0 Å². The number of likely N-dealkylation sites (tertiary alicyclic amines) is 1. The number of carbonyl (C=O) groups is 2. The molecule has 19 heavy (non-hydrogen) atoms. The fourth-order valence-electron chi connectivity index (χ4n) is 3.62. The first kappa shape index (κ1) is 12.9. The third-order valence-electron chi connectivity index (χ3n) is 4.70. The van der Waals surface area contributed by atoms with Crippen molar-refractivity contribution in [1.29, 1.82) is 0 Å². The van der Waals surface area contributed by atoms with Gasteiger partial charge in [-0.2, -0.15) is 0 Å². The molecule has 3 aliphatic rings. The van der Waals surface area contributed by atoms with Crippen molar-refractivity contribution in [2.24, 2.45) is 11.8 Å². The molecule has 3 rings (SSSR count). The second-order valence-electron chi connectivity index (χ2n) is 5.84. The number of hydrogen-bond donors (Lipinski definition) is 2. The number of fused-ring (bicyclic) bond motifs is 1. The highest BCUT2D eigenvalue weighted by atomic mass is 16.5. The fraction of sp³-hybridized carbons (Fsp3) is 0.846. The van der Waals surface area contributed by atoms with Gasteiger partial charge >= 0.3 is 5.97 Å². The zero-order chi connectivity index (χ0) is 13.6. The van der Waals surface area contributed by atoms with Gasteiger partial charge in [-0.3, -0.25) is 4.79 Å². The molecule has 6 heteroatoms. The maximum absolute atomic E-state index is 12.3. The van der Waals surface area contributed by atoms with Crippen LogP contribution in [0, 0.1) is 11.8 Å². The van der Waals surface area contributed by atoms with Gasteiger partial charge < -0.3 is 19.8 Å². The third-order valence-corrected chi connectivity index (χ3v) is 4.70. The quantitative estimate of drug-likeness (QED) is 0.728. The number of nitrogens with zero attached hydrogens (tertiary/aromatic N) is 1. The zero-order valence-corrected chi connectivity index (χ0v) is 10.7. The van der Waals surface area contributed by atoms with E-state index in [9.17, 15) is 14.7 Å². The van der Waals surface area contributed by atoms with Crippen molar-refractivity contribution >= 4 is 11.9 Å². The summed E-state index contributed by atoms with van der Waals surface area (Å²) in [5.41, 5.74) is 0. The number of rotatable bonds is 2. The van der Waals surface area contributed by atoms with E-state index in [0.717, 1.165) is 12.8 Å². The fourth-order valence-corrected chi connectivity index (χ4v) is 3.62. The zero-order valence-electron chi connectivity index (χ0n) is 10.7. The number of amides is 1. The van der Waals surface area contributed by atoms with Crippen LogP contribution in [0.15, 0.2) is 0 Å². The molecule has 6 nitrogen and oxygen atoms in total. The lowest BCUT2D eigenvalue weighted by molar-refractivity contribution is -0.154. The van der Waals surface area contributed by atoms with Crippen molar-refractivity contribution in [3.63, 3.8) is 0 Å². The number of carbonyl (C=O) groups excluding carboxylic acids is 1. The Kier molecular flexibility index (Phi) is 3.22. The van der Waals surface area contributed by atoms with Crippen molar-refractivity contribution in [2.75, 3.05) is 13.1 Å². The van der Waals surface area contributed by atoms with E-state index in [1.54, 1.807) is 4.90 Å². The van der Waals surface area contributed by atoms with Gasteiger partial charge in [-0.05, 0) is 31.6 Å². The Balaban J connectivity index is 1.59. The monoisotopic (exact) mass is 269 g/mol. The van der Waals surface area contributed by atoms with Crippen LogP contribution in [0.2, 0.25) is 0 Å². The Labute approximate surface area is 111 Å². The molecule has 2 N–H and O–H groups in total. The average molecular weight is 269 g/mol. The van der Waals surface area contributed by atoms with Crippen LogP contribution in [0.3, 0.4) is 0 Å². The van der Waals surface area contributed by atoms with E-state index in [1.165, 1.54) is 0 Å². The molecule has 2 aliphatic heterocycles. The van der Waals surface area contributed by atoms with E-state index in [-0.39, 0.29) is 17.9 Å². The van der Waals surface area contributed by atoms with Gasteiger partial charge in [0.25, 0.3) is 5.91 Å². The average Bonchev–Trinajstić information content (AvgIpc) is 3.05. The summed E-state index contributed by atoms with van der Waals surface area (Å²) in [6.07, 6.45) is 0.925. The standard InChI is InChI=1S/C13H19NO5/c15-9-2-1-7-5-14(6-8(7)9)12(16)10-3-4-11(19-10)13(17)18/h7-11,15H,1-6H2,(H,17,18)/t7?,8?,9?,10-,11+/m0/s1. The molecule has 1 amide bonds. The topological polar surface area (TPSA) is 87.1 Å². The molecule has 3 unspecified atom stereocenters. The number of aliphatic hydroxyl groups excluding tert-OH is 1. The largest absolute Gasteiger partial charge is 0.479 e. The van der Waals surface area contributed by atoms with E-state index in [1.807, 2.05) is 0 Å². The van der Waals surface area contributed by atoms with Crippen molar-refractivity contribution in [3.8, 4) is 0 Å². The maximum Gasteiger partial charge on any atom is 0.332 e. The number of hydrogen-bond acceptors (Lipinski definition) is 4. The summed E-state index contributed by atoms with van der Waals surface area (Å²) in [4.78, 5) is 24.8. The minimum Gasteiger partial charge on any atom is -0.479 e. The van der Waals surface area contributed by atoms with Gasteiger partial charge in [0.15, 0.2) is 6.10 Å². The first-order valence-electron chi connectivity index (χ1n) is 6.91. The molecular formula is C13H19NO5. The van der Waals surface area contributed by atoms with Crippen LogP contribution in [0.25, 0.3) is 0 Å². The van der Waals surface area contributed by atoms with E-state index in [0.29, 0.717) is 31.8 Å². The summed E-state index contributed by atoms with van der Waals surface area (Å²) in [7, 11) is 0. The number of carboxylic acids is 1. The Morgan fingerprint density at radius 1 is 1.05 bits per heavy atom. The van der Waals surface area contributed by atoms with Crippen LogP contribution >= 0.6 is 0 Å². The van der Waals surface area contributed by atoms with Crippen LogP contribution in [0.5, 0.6) is 0 Å². The molecule has 0 radical (unpaired) electrons. The molecule has 0 aromatic carbocycles. The predicted octanol–water partition coefficient (Wildman–Crippen LogP) is -0.152. The molecule has 0 bridgehead atoms. The molecule has 0 aromatic rings. The summed E-state index contributed by atoms with van der Waals surface area (Å²) in [5.74, 6) is -0.509. The van der Waals surface area contributed by atoms with E-state index < -0.39 is 18.2 Å². The predicted molar refractivity (Wildman–Crippen MR) is 64.3 cm³/mol. The van der Waals surface area contributed by atoms with E-state index in [2.05, 4.69) is 0 Å². The summed E-state index contributed by atoms with van der Waals surface area (Å²) in [5, 5.41) is 18.7. The Morgan fingerprint density at radius 3 is 2.42 bits per heavy atom. The molecule has 0 spiro atoms. The number of aliphatic carboxylic acids is 1. The second kappa shape index (κ2) is 4.76. The van der Waals surface area contributed by atoms with Crippen LogP contribution in [-0.2, 0) is 14.3 Å². The molecule has 2 saturated heterocycles. The highest BCUT2D eigenvalue weighted by molar-refractivity contribution is 5.83. The van der Waals surface area contributed by atoms with E-state index in [4.69, 9.17) is 9.84 Å². The smallest absolute Gasteiger partial charge is 0.332 e. The minimum atomic E-state index is -0.996. The summed E-state index contributed by atoms with van der Waals surface area (Å²) in [6.45, 7) is 1.26. The Bertz CT molecular complexity index is 398. The van der Waals surface area contributed by atoms with Gasteiger partial charge in [-0.1, -0.05) is 0 Å². The second-order valence-corrected chi connectivity index (χ2v) is 5.84. The highest BCUT2D eigenvalue weighted by Gasteiger charge is 2.46. The third kappa shape index (κ3) is 2.23. The normalized spacial score (nSPS) is 41.5. The lowest BCUT2D eigenvalue weighted by Crippen LogP contribution is -2.39.